The van der Waals surface area contributed by atoms with E-state index in [2.05, 4.69) is 45.2 Å². The number of rotatable bonds is 2. The second-order valence-corrected chi connectivity index (χ2v) is 7.19. The van der Waals surface area contributed by atoms with Gasteiger partial charge in [-0.25, -0.2) is 0 Å². The van der Waals surface area contributed by atoms with E-state index in [9.17, 15) is 0 Å². The normalized spacial score (nSPS) is 27.6. The Morgan fingerprint density at radius 2 is 1.95 bits per heavy atom. The molecule has 3 heteroatoms. The van der Waals surface area contributed by atoms with Crippen molar-refractivity contribution >= 4 is 26.8 Å². The number of para-hydroxylation sites is 1. The molecule has 1 heterocycles. The van der Waals surface area contributed by atoms with Gasteiger partial charge in [0.05, 0.1) is 0 Å². The summed E-state index contributed by atoms with van der Waals surface area (Å²) in [5.74, 6) is 0.943. The van der Waals surface area contributed by atoms with Crippen LogP contribution in [0.4, 0.5) is 0 Å². The molecule has 1 aromatic heterocycles. The van der Waals surface area contributed by atoms with Crippen LogP contribution in [0.5, 0.6) is 5.75 Å². The summed E-state index contributed by atoms with van der Waals surface area (Å²) in [5.41, 5.74) is 1.36. The van der Waals surface area contributed by atoms with Crippen molar-refractivity contribution in [2.75, 3.05) is 0 Å². The second kappa shape index (κ2) is 4.73. The summed E-state index contributed by atoms with van der Waals surface area (Å²) < 4.78 is 6.38. The molecule has 2 aromatic rings. The monoisotopic (exact) mass is 331 g/mol. The first-order valence-corrected chi connectivity index (χ1v) is 8.36. The van der Waals surface area contributed by atoms with Gasteiger partial charge in [0.2, 0.25) is 0 Å². The molecule has 0 N–H and O–H groups in total. The number of alkyl halides is 1. The van der Waals surface area contributed by atoms with Gasteiger partial charge >= 0.3 is 0 Å². The molecule has 2 saturated carbocycles. The minimum absolute atomic E-state index is 0.349. The lowest BCUT2D eigenvalue weighted by atomic mass is 9.64. The maximum absolute atomic E-state index is 6.38. The summed E-state index contributed by atoms with van der Waals surface area (Å²) in [5, 5.41) is 1.15. The fraction of sp³-hybridized carbons (Fsp3) is 0.471. The molecule has 2 unspecified atom stereocenters. The van der Waals surface area contributed by atoms with Gasteiger partial charge in [-0.2, -0.15) is 0 Å². The first kappa shape index (κ1) is 12.6. The van der Waals surface area contributed by atoms with Gasteiger partial charge in [-0.05, 0) is 31.4 Å². The smallest absolute Gasteiger partial charge is 0.145 e. The van der Waals surface area contributed by atoms with Gasteiger partial charge < -0.3 is 4.74 Å². The largest absolute Gasteiger partial charge is 0.487 e. The van der Waals surface area contributed by atoms with Crippen molar-refractivity contribution < 1.29 is 4.74 Å². The van der Waals surface area contributed by atoms with Crippen LogP contribution in [0, 0.1) is 5.41 Å². The fourth-order valence-electron chi connectivity index (χ4n) is 3.86. The number of benzene rings is 1. The van der Waals surface area contributed by atoms with Gasteiger partial charge in [0, 0.05) is 21.8 Å². The number of halogens is 1. The molecule has 2 atom stereocenters. The minimum Gasteiger partial charge on any atom is -0.487 e. The van der Waals surface area contributed by atoms with Crippen molar-refractivity contribution in [3.05, 3.63) is 36.5 Å². The standard InChI is InChI=1S/C17H18BrNO/c18-14-11-15(17(14)8-1-2-9-17)20-13-7-3-5-12-6-4-10-19-16(12)13/h3-7,10,14-15H,1-2,8-9,11H2. The third-order valence-corrected chi connectivity index (χ3v) is 6.37. The molecular formula is C17H18BrNO. The van der Waals surface area contributed by atoms with E-state index in [0.29, 0.717) is 16.3 Å². The zero-order chi connectivity index (χ0) is 13.6. The molecule has 4 rings (SSSR count). The lowest BCUT2D eigenvalue weighted by Gasteiger charge is -2.51. The molecule has 0 bridgehead atoms. The number of pyridine rings is 1. The maximum Gasteiger partial charge on any atom is 0.145 e. The molecule has 104 valence electrons. The van der Waals surface area contributed by atoms with Gasteiger partial charge in [0.15, 0.2) is 0 Å². The van der Waals surface area contributed by atoms with E-state index in [0.717, 1.165) is 23.1 Å². The Balaban J connectivity index is 1.65. The Labute approximate surface area is 127 Å². The summed E-state index contributed by atoms with van der Waals surface area (Å²) in [6, 6.07) is 10.3. The van der Waals surface area contributed by atoms with E-state index in [1.165, 1.54) is 25.7 Å². The zero-order valence-corrected chi connectivity index (χ0v) is 13.0. The van der Waals surface area contributed by atoms with Gasteiger partial charge in [-0.15, -0.1) is 0 Å². The van der Waals surface area contributed by atoms with E-state index < -0.39 is 0 Å². The van der Waals surface area contributed by atoms with Crippen molar-refractivity contribution in [2.45, 2.75) is 43.0 Å². The molecule has 2 aliphatic rings. The van der Waals surface area contributed by atoms with Crippen LogP contribution in [-0.4, -0.2) is 15.9 Å². The van der Waals surface area contributed by atoms with E-state index in [1.807, 2.05) is 12.3 Å². The predicted molar refractivity (Wildman–Crippen MR) is 84.4 cm³/mol. The van der Waals surface area contributed by atoms with Crippen LogP contribution < -0.4 is 4.74 Å². The topological polar surface area (TPSA) is 22.1 Å². The van der Waals surface area contributed by atoms with Crippen molar-refractivity contribution in [1.29, 1.82) is 0 Å². The highest BCUT2D eigenvalue weighted by Gasteiger charge is 2.56. The zero-order valence-electron chi connectivity index (χ0n) is 11.4. The molecule has 0 aliphatic heterocycles. The first-order chi connectivity index (χ1) is 9.79. The quantitative estimate of drug-likeness (QED) is 0.743. The van der Waals surface area contributed by atoms with Crippen molar-refractivity contribution in [1.82, 2.24) is 4.98 Å². The van der Waals surface area contributed by atoms with Crippen LogP contribution in [0.25, 0.3) is 10.9 Å². The average Bonchev–Trinajstić information content (AvgIpc) is 3.00. The van der Waals surface area contributed by atoms with Crippen molar-refractivity contribution in [3.63, 3.8) is 0 Å². The molecular weight excluding hydrogens is 314 g/mol. The second-order valence-electron chi connectivity index (χ2n) is 6.08. The van der Waals surface area contributed by atoms with Crippen molar-refractivity contribution in [3.8, 4) is 5.75 Å². The van der Waals surface area contributed by atoms with Gasteiger partial charge in [-0.1, -0.05) is 47.0 Å². The molecule has 1 aromatic carbocycles. The lowest BCUT2D eigenvalue weighted by molar-refractivity contribution is -0.0295. The molecule has 0 saturated heterocycles. The van der Waals surface area contributed by atoms with Crippen molar-refractivity contribution in [2.24, 2.45) is 5.41 Å². The van der Waals surface area contributed by atoms with E-state index in [-0.39, 0.29) is 0 Å². The number of ether oxygens (including phenoxy) is 1. The van der Waals surface area contributed by atoms with Crippen LogP contribution in [0.2, 0.25) is 0 Å². The van der Waals surface area contributed by atoms with Gasteiger partial charge in [-0.3, -0.25) is 4.98 Å². The minimum atomic E-state index is 0.349. The Morgan fingerprint density at radius 3 is 2.75 bits per heavy atom. The Morgan fingerprint density at radius 1 is 1.15 bits per heavy atom. The first-order valence-electron chi connectivity index (χ1n) is 7.44. The van der Waals surface area contributed by atoms with Gasteiger partial charge in [0.1, 0.15) is 17.4 Å². The third kappa shape index (κ3) is 1.79. The highest BCUT2D eigenvalue weighted by molar-refractivity contribution is 9.09. The van der Waals surface area contributed by atoms with E-state index in [4.69, 9.17) is 4.74 Å². The van der Waals surface area contributed by atoms with E-state index >= 15 is 0 Å². The summed E-state index contributed by atoms with van der Waals surface area (Å²) in [7, 11) is 0. The number of aromatic nitrogens is 1. The predicted octanol–water partition coefficient (Wildman–Crippen LogP) is 4.71. The van der Waals surface area contributed by atoms with Crippen LogP contribution in [0.15, 0.2) is 36.5 Å². The fourth-order valence-corrected chi connectivity index (χ4v) is 4.95. The number of hydrogen-bond donors (Lipinski definition) is 0. The SMILES string of the molecule is BrC1CC(Oc2cccc3cccnc23)C12CCCC2. The van der Waals surface area contributed by atoms with Crippen LogP contribution >= 0.6 is 15.9 Å². The molecule has 2 nitrogen and oxygen atoms in total. The number of hydrogen-bond acceptors (Lipinski definition) is 2. The van der Waals surface area contributed by atoms with Crippen LogP contribution in [-0.2, 0) is 0 Å². The van der Waals surface area contributed by atoms with Gasteiger partial charge in [0.25, 0.3) is 0 Å². The molecule has 0 amide bonds. The molecule has 20 heavy (non-hydrogen) atoms. The van der Waals surface area contributed by atoms with E-state index in [1.54, 1.807) is 0 Å². The number of nitrogens with zero attached hydrogens (tertiary/aromatic N) is 1. The summed E-state index contributed by atoms with van der Waals surface area (Å²) in [4.78, 5) is 5.12. The highest BCUT2D eigenvalue weighted by atomic mass is 79.9. The highest BCUT2D eigenvalue weighted by Crippen LogP contribution is 2.57. The Bertz CT molecular complexity index is 630. The molecule has 2 aliphatic carbocycles. The Hall–Kier alpha value is -1.09. The third-order valence-electron chi connectivity index (χ3n) is 5.09. The molecule has 1 spiro atoms. The summed E-state index contributed by atoms with van der Waals surface area (Å²) >= 11 is 3.85. The summed E-state index contributed by atoms with van der Waals surface area (Å²) in [6.45, 7) is 0. The molecule has 2 fully saturated rings. The Kier molecular flexibility index (Phi) is 2.99. The average molecular weight is 332 g/mol. The summed E-state index contributed by atoms with van der Waals surface area (Å²) in [6.07, 6.45) is 8.59. The van der Waals surface area contributed by atoms with Crippen LogP contribution in [0.3, 0.4) is 0 Å². The molecule has 0 radical (unpaired) electrons. The number of fused-ring (bicyclic) bond motifs is 1. The lowest BCUT2D eigenvalue weighted by Crippen LogP contribution is -2.55. The maximum atomic E-state index is 6.38. The van der Waals surface area contributed by atoms with Crippen LogP contribution in [0.1, 0.15) is 32.1 Å².